The Balaban J connectivity index is 1.89. The Kier molecular flexibility index (Phi) is 5.12. The maximum absolute atomic E-state index is 12.2. The molecule has 0 aliphatic carbocycles. The minimum atomic E-state index is -0.311. The van der Waals surface area contributed by atoms with E-state index in [1.165, 1.54) is 11.8 Å². The molecule has 1 aromatic carbocycles. The van der Waals surface area contributed by atoms with Crippen LogP contribution in [-0.2, 0) is 9.59 Å². The lowest BCUT2D eigenvalue weighted by Gasteiger charge is -2.31. The Labute approximate surface area is 129 Å². The summed E-state index contributed by atoms with van der Waals surface area (Å²) in [4.78, 5) is 26.2. The van der Waals surface area contributed by atoms with Crippen molar-refractivity contribution in [1.29, 1.82) is 0 Å². The summed E-state index contributed by atoms with van der Waals surface area (Å²) in [6.45, 7) is 3.11. The van der Waals surface area contributed by atoms with Crippen molar-refractivity contribution in [3.05, 3.63) is 23.8 Å². The smallest absolute Gasteiger partial charge is 0.232 e. The number of rotatable bonds is 4. The van der Waals surface area contributed by atoms with E-state index in [2.05, 4.69) is 0 Å². The summed E-state index contributed by atoms with van der Waals surface area (Å²) < 4.78 is 0. The first-order valence-corrected chi connectivity index (χ1v) is 8.02. The van der Waals surface area contributed by atoms with Crippen molar-refractivity contribution < 1.29 is 9.59 Å². The molecule has 0 aromatic heterocycles. The van der Waals surface area contributed by atoms with Crippen LogP contribution in [0.5, 0.6) is 0 Å². The molecule has 0 spiro atoms. The molecule has 21 heavy (non-hydrogen) atoms. The highest BCUT2D eigenvalue weighted by atomic mass is 32.2. The molecule has 0 saturated carbocycles. The summed E-state index contributed by atoms with van der Waals surface area (Å²) in [6, 6.07) is 5.75. The van der Waals surface area contributed by atoms with E-state index in [0.717, 1.165) is 29.0 Å². The first kappa shape index (κ1) is 15.7. The van der Waals surface area contributed by atoms with Gasteiger partial charge in [0, 0.05) is 23.7 Å². The van der Waals surface area contributed by atoms with Gasteiger partial charge >= 0.3 is 0 Å². The Morgan fingerprint density at radius 2 is 2.19 bits per heavy atom. The van der Waals surface area contributed by atoms with Crippen molar-refractivity contribution in [2.75, 3.05) is 24.6 Å². The number of nitrogens with two attached hydrogens (primary N) is 2. The summed E-state index contributed by atoms with van der Waals surface area (Å²) in [7, 11) is 0. The van der Waals surface area contributed by atoms with Crippen molar-refractivity contribution in [3.8, 4) is 0 Å². The van der Waals surface area contributed by atoms with Crippen molar-refractivity contribution in [3.63, 3.8) is 0 Å². The maximum atomic E-state index is 12.2. The zero-order chi connectivity index (χ0) is 15.4. The molecule has 1 aliphatic heterocycles. The van der Waals surface area contributed by atoms with Gasteiger partial charge in [0.1, 0.15) is 0 Å². The Bertz CT molecular complexity index is 548. The first-order valence-electron chi connectivity index (χ1n) is 7.03. The predicted octanol–water partition coefficient (Wildman–Crippen LogP) is 1.39. The fourth-order valence-electron chi connectivity index (χ4n) is 2.41. The third-order valence-corrected chi connectivity index (χ3v) is 4.76. The molecular formula is C15H21N3O2S. The van der Waals surface area contributed by atoms with Crippen LogP contribution < -0.4 is 11.5 Å². The molecule has 5 nitrogen and oxygen atoms in total. The molecule has 114 valence electrons. The molecular weight excluding hydrogens is 286 g/mol. The van der Waals surface area contributed by atoms with Gasteiger partial charge in [-0.3, -0.25) is 9.59 Å². The van der Waals surface area contributed by atoms with Crippen LogP contribution in [0.15, 0.2) is 23.1 Å². The summed E-state index contributed by atoms with van der Waals surface area (Å²) in [5, 5.41) is 0. The minimum absolute atomic E-state index is 0.0560. The van der Waals surface area contributed by atoms with Gasteiger partial charge in [0.2, 0.25) is 11.8 Å². The second-order valence-electron chi connectivity index (χ2n) is 5.39. The zero-order valence-electron chi connectivity index (χ0n) is 12.2. The summed E-state index contributed by atoms with van der Waals surface area (Å²) in [6.07, 6.45) is 1.62. The molecule has 2 amide bonds. The van der Waals surface area contributed by atoms with Crippen LogP contribution in [0.2, 0.25) is 0 Å². The molecule has 2 rings (SSSR count). The van der Waals surface area contributed by atoms with E-state index in [-0.39, 0.29) is 17.7 Å². The zero-order valence-corrected chi connectivity index (χ0v) is 13.0. The van der Waals surface area contributed by atoms with Crippen LogP contribution in [0.1, 0.15) is 18.4 Å². The van der Waals surface area contributed by atoms with E-state index >= 15 is 0 Å². The van der Waals surface area contributed by atoms with Gasteiger partial charge in [0.05, 0.1) is 11.7 Å². The molecule has 6 heteroatoms. The number of hydrogen-bond donors (Lipinski definition) is 2. The number of nitrogen functional groups attached to an aromatic ring is 1. The number of carbonyl (C=O) groups excluding carboxylic acids is 2. The third-order valence-electron chi connectivity index (χ3n) is 3.78. The number of anilines is 1. The summed E-state index contributed by atoms with van der Waals surface area (Å²) in [5.41, 5.74) is 12.9. The highest BCUT2D eigenvalue weighted by molar-refractivity contribution is 8.00. The third kappa shape index (κ3) is 4.14. The van der Waals surface area contributed by atoms with Crippen molar-refractivity contribution in [2.45, 2.75) is 24.7 Å². The number of piperidine rings is 1. The van der Waals surface area contributed by atoms with Crippen LogP contribution in [0.3, 0.4) is 0 Å². The first-order chi connectivity index (χ1) is 9.97. The van der Waals surface area contributed by atoms with Gasteiger partial charge in [-0.05, 0) is 43.5 Å². The number of thioether (sulfide) groups is 1. The Morgan fingerprint density at radius 3 is 2.86 bits per heavy atom. The average Bonchev–Trinajstić information content (AvgIpc) is 2.48. The molecule has 1 unspecified atom stereocenters. The van der Waals surface area contributed by atoms with E-state index in [1.54, 1.807) is 4.90 Å². The summed E-state index contributed by atoms with van der Waals surface area (Å²) in [5.74, 6) is -0.0873. The normalized spacial score (nSPS) is 18.5. The molecule has 4 N–H and O–H groups in total. The average molecular weight is 307 g/mol. The van der Waals surface area contributed by atoms with Gasteiger partial charge in [-0.15, -0.1) is 11.8 Å². The minimum Gasteiger partial charge on any atom is -0.399 e. The van der Waals surface area contributed by atoms with Gasteiger partial charge in [-0.2, -0.15) is 0 Å². The molecule has 0 bridgehead atoms. The predicted molar refractivity (Wildman–Crippen MR) is 84.8 cm³/mol. The second kappa shape index (κ2) is 6.85. The highest BCUT2D eigenvalue weighted by Crippen LogP contribution is 2.24. The fourth-order valence-corrected chi connectivity index (χ4v) is 3.31. The molecule has 1 heterocycles. The van der Waals surface area contributed by atoms with Crippen molar-refractivity contribution in [2.24, 2.45) is 11.7 Å². The number of likely N-dealkylation sites (tertiary alicyclic amines) is 1. The van der Waals surface area contributed by atoms with Gasteiger partial charge in [0.25, 0.3) is 0 Å². The van der Waals surface area contributed by atoms with Crippen LogP contribution >= 0.6 is 11.8 Å². The number of nitrogens with zero attached hydrogens (tertiary/aromatic N) is 1. The number of carbonyl (C=O) groups is 2. The molecule has 1 atom stereocenters. The molecule has 0 radical (unpaired) electrons. The van der Waals surface area contributed by atoms with E-state index in [4.69, 9.17) is 11.5 Å². The van der Waals surface area contributed by atoms with Crippen molar-refractivity contribution >= 4 is 29.3 Å². The number of aryl methyl sites for hydroxylation is 1. The largest absolute Gasteiger partial charge is 0.399 e. The lowest BCUT2D eigenvalue weighted by Crippen LogP contribution is -2.44. The highest BCUT2D eigenvalue weighted by Gasteiger charge is 2.26. The van der Waals surface area contributed by atoms with Crippen LogP contribution in [0.4, 0.5) is 5.69 Å². The van der Waals surface area contributed by atoms with Gasteiger partial charge in [-0.25, -0.2) is 0 Å². The number of primary amides is 1. The van der Waals surface area contributed by atoms with Gasteiger partial charge in [0.15, 0.2) is 0 Å². The van der Waals surface area contributed by atoms with E-state index in [1.807, 2.05) is 25.1 Å². The number of benzene rings is 1. The number of hydrogen-bond acceptors (Lipinski definition) is 4. The standard InChI is InChI=1S/C15H21N3O2S/c1-10-7-12(4-5-13(10)16)21-9-14(19)18-6-2-3-11(8-18)15(17)20/h4-5,7,11H,2-3,6,8-9,16H2,1H3,(H2,17,20). The van der Waals surface area contributed by atoms with Gasteiger partial charge in [-0.1, -0.05) is 0 Å². The van der Waals surface area contributed by atoms with Crippen LogP contribution in [-0.4, -0.2) is 35.6 Å². The SMILES string of the molecule is Cc1cc(SCC(=O)N2CCCC(C(N)=O)C2)ccc1N. The lowest BCUT2D eigenvalue weighted by atomic mass is 9.97. The Hall–Kier alpha value is -1.69. The van der Waals surface area contributed by atoms with E-state index in [9.17, 15) is 9.59 Å². The Morgan fingerprint density at radius 1 is 1.43 bits per heavy atom. The van der Waals surface area contributed by atoms with E-state index < -0.39 is 0 Å². The molecule has 1 aromatic rings. The molecule has 1 aliphatic rings. The second-order valence-corrected chi connectivity index (χ2v) is 6.44. The van der Waals surface area contributed by atoms with Gasteiger partial charge < -0.3 is 16.4 Å². The topological polar surface area (TPSA) is 89.4 Å². The number of amides is 2. The molecule has 1 saturated heterocycles. The van der Waals surface area contributed by atoms with Crippen LogP contribution in [0.25, 0.3) is 0 Å². The quantitative estimate of drug-likeness (QED) is 0.650. The lowest BCUT2D eigenvalue weighted by molar-refractivity contribution is -0.132. The van der Waals surface area contributed by atoms with Crippen molar-refractivity contribution in [1.82, 2.24) is 4.90 Å². The van der Waals surface area contributed by atoms with Crippen LogP contribution in [0, 0.1) is 12.8 Å². The maximum Gasteiger partial charge on any atom is 0.232 e. The fraction of sp³-hybridized carbons (Fsp3) is 0.467. The monoisotopic (exact) mass is 307 g/mol. The van der Waals surface area contributed by atoms with E-state index in [0.29, 0.717) is 18.8 Å². The molecule has 1 fully saturated rings. The summed E-state index contributed by atoms with van der Waals surface area (Å²) >= 11 is 1.49.